The van der Waals surface area contributed by atoms with Crippen LogP contribution in [0.25, 0.3) is 10.2 Å². The van der Waals surface area contributed by atoms with Crippen molar-refractivity contribution >= 4 is 39.7 Å². The molecule has 0 unspecified atom stereocenters. The van der Waals surface area contributed by atoms with Crippen molar-refractivity contribution in [2.24, 2.45) is 0 Å². The Morgan fingerprint density at radius 3 is 3.00 bits per heavy atom. The molecule has 6 nitrogen and oxygen atoms in total. The predicted molar refractivity (Wildman–Crippen MR) is 100 cm³/mol. The van der Waals surface area contributed by atoms with Crippen LogP contribution in [0, 0.1) is 4.77 Å². The van der Waals surface area contributed by atoms with Crippen molar-refractivity contribution in [1.29, 1.82) is 0 Å². The van der Waals surface area contributed by atoms with E-state index in [9.17, 15) is 9.59 Å². The molecule has 0 fully saturated rings. The molecule has 0 aromatic carbocycles. The Morgan fingerprint density at radius 2 is 2.20 bits per heavy atom. The second kappa shape index (κ2) is 8.26. The first kappa shape index (κ1) is 17.6. The van der Waals surface area contributed by atoms with Crippen molar-refractivity contribution in [3.8, 4) is 0 Å². The fraction of sp³-hybridized carbons (Fsp3) is 0.353. The molecule has 1 amide bonds. The number of thiophene rings is 1. The van der Waals surface area contributed by atoms with Crippen molar-refractivity contribution in [3.63, 3.8) is 0 Å². The van der Waals surface area contributed by atoms with E-state index in [0.717, 1.165) is 30.5 Å². The molecule has 2 N–H and O–H groups in total. The molecule has 3 aromatic rings. The summed E-state index contributed by atoms with van der Waals surface area (Å²) in [6.07, 6.45) is 4.49. The van der Waals surface area contributed by atoms with Crippen LogP contribution in [0.2, 0.25) is 0 Å². The van der Waals surface area contributed by atoms with Gasteiger partial charge in [-0.05, 0) is 48.6 Å². The summed E-state index contributed by atoms with van der Waals surface area (Å²) in [4.78, 5) is 27.2. The van der Waals surface area contributed by atoms with Gasteiger partial charge in [-0.25, -0.2) is 0 Å². The SMILES string of the molecule is O=C(CCCCCn1c(=S)[nH]c2ccsc2c1=O)NCc1ccco1. The van der Waals surface area contributed by atoms with Gasteiger partial charge in [-0.1, -0.05) is 6.42 Å². The van der Waals surface area contributed by atoms with Crippen molar-refractivity contribution < 1.29 is 9.21 Å². The van der Waals surface area contributed by atoms with E-state index in [4.69, 9.17) is 16.6 Å². The Morgan fingerprint density at radius 1 is 1.32 bits per heavy atom. The number of unbranched alkanes of at least 4 members (excludes halogenated alkanes) is 2. The maximum atomic E-state index is 12.4. The average molecular weight is 377 g/mol. The topological polar surface area (TPSA) is 80.0 Å². The molecule has 8 heteroatoms. The highest BCUT2D eigenvalue weighted by Crippen LogP contribution is 2.14. The van der Waals surface area contributed by atoms with Crippen molar-refractivity contribution in [2.45, 2.75) is 38.8 Å². The van der Waals surface area contributed by atoms with E-state index in [2.05, 4.69) is 10.3 Å². The number of nitrogens with zero attached hydrogens (tertiary/aromatic N) is 1. The maximum absolute atomic E-state index is 12.4. The number of fused-ring (bicyclic) bond motifs is 1. The van der Waals surface area contributed by atoms with E-state index < -0.39 is 0 Å². The summed E-state index contributed by atoms with van der Waals surface area (Å²) < 4.78 is 7.92. The molecular formula is C17H19N3O3S2. The second-order valence-corrected chi connectivity index (χ2v) is 7.02. The van der Waals surface area contributed by atoms with E-state index in [1.165, 1.54) is 11.3 Å². The fourth-order valence-corrected chi connectivity index (χ4v) is 3.67. The Kier molecular flexibility index (Phi) is 5.83. The zero-order chi connectivity index (χ0) is 17.6. The van der Waals surface area contributed by atoms with Gasteiger partial charge in [0.1, 0.15) is 10.5 Å². The number of furan rings is 1. The number of H-pyrrole nitrogens is 1. The van der Waals surface area contributed by atoms with Crippen LogP contribution in [0.5, 0.6) is 0 Å². The van der Waals surface area contributed by atoms with Crippen LogP contribution in [0.1, 0.15) is 31.4 Å². The number of carbonyl (C=O) groups excluding carboxylic acids is 1. The minimum atomic E-state index is -0.0371. The minimum Gasteiger partial charge on any atom is -0.467 e. The maximum Gasteiger partial charge on any atom is 0.272 e. The summed E-state index contributed by atoms with van der Waals surface area (Å²) in [5.74, 6) is 0.747. The summed E-state index contributed by atoms with van der Waals surface area (Å²) in [6.45, 7) is 0.979. The third kappa shape index (κ3) is 4.46. The number of carbonyl (C=O) groups is 1. The van der Waals surface area contributed by atoms with E-state index in [1.54, 1.807) is 16.9 Å². The smallest absolute Gasteiger partial charge is 0.272 e. The number of rotatable bonds is 8. The lowest BCUT2D eigenvalue weighted by Gasteiger charge is -2.07. The summed E-state index contributed by atoms with van der Waals surface area (Å²) in [5.41, 5.74) is 0.759. The highest BCUT2D eigenvalue weighted by atomic mass is 32.1. The van der Waals surface area contributed by atoms with Gasteiger partial charge in [0, 0.05) is 13.0 Å². The molecule has 0 radical (unpaired) electrons. The normalized spacial score (nSPS) is 11.0. The lowest BCUT2D eigenvalue weighted by Crippen LogP contribution is -2.22. The molecule has 0 aliphatic carbocycles. The van der Waals surface area contributed by atoms with Crippen LogP contribution in [-0.2, 0) is 17.9 Å². The predicted octanol–water partition coefficient (Wildman–Crippen LogP) is 3.59. The number of nitrogens with one attached hydrogen (secondary N) is 2. The Bertz CT molecular complexity index is 954. The third-order valence-corrected chi connectivity index (χ3v) is 5.14. The molecule has 0 aliphatic heterocycles. The van der Waals surface area contributed by atoms with Gasteiger partial charge >= 0.3 is 0 Å². The molecule has 0 aliphatic rings. The van der Waals surface area contributed by atoms with E-state index in [-0.39, 0.29) is 11.5 Å². The average Bonchev–Trinajstić information content (AvgIpc) is 3.26. The molecule has 3 aromatic heterocycles. The van der Waals surface area contributed by atoms with Crippen molar-refractivity contribution in [3.05, 3.63) is 50.7 Å². The zero-order valence-electron chi connectivity index (χ0n) is 13.6. The Hall–Kier alpha value is -2.19. The molecule has 25 heavy (non-hydrogen) atoms. The molecule has 132 valence electrons. The van der Waals surface area contributed by atoms with Gasteiger partial charge in [-0.3, -0.25) is 14.2 Å². The molecule has 3 rings (SSSR count). The standard InChI is InChI=1S/C17H19N3O3S2/c21-14(18-11-12-5-4-9-23-12)6-2-1-3-8-20-16(22)15-13(7-10-25-15)19-17(20)24/h4-5,7,9-10H,1-3,6,8,11H2,(H,18,21)(H,19,24). The highest BCUT2D eigenvalue weighted by Gasteiger charge is 2.07. The zero-order valence-corrected chi connectivity index (χ0v) is 15.3. The molecular weight excluding hydrogens is 358 g/mol. The quantitative estimate of drug-likeness (QED) is 0.464. The first-order valence-electron chi connectivity index (χ1n) is 8.14. The van der Waals surface area contributed by atoms with Crippen molar-refractivity contribution in [1.82, 2.24) is 14.9 Å². The van der Waals surface area contributed by atoms with E-state index in [0.29, 0.717) is 29.0 Å². The fourth-order valence-electron chi connectivity index (χ4n) is 2.59. The Balaban J connectivity index is 1.42. The van der Waals surface area contributed by atoms with Gasteiger partial charge in [0.25, 0.3) is 5.56 Å². The summed E-state index contributed by atoms with van der Waals surface area (Å²) in [5, 5.41) is 4.70. The van der Waals surface area contributed by atoms with Crippen molar-refractivity contribution in [2.75, 3.05) is 0 Å². The molecule has 0 atom stereocenters. The number of aromatic nitrogens is 2. The van der Waals surface area contributed by atoms with Crippen LogP contribution in [0.4, 0.5) is 0 Å². The Labute approximate surface area is 153 Å². The molecule has 0 spiro atoms. The molecule has 0 saturated carbocycles. The number of hydrogen-bond acceptors (Lipinski definition) is 5. The van der Waals surface area contributed by atoms with E-state index in [1.807, 2.05) is 17.5 Å². The molecule has 0 saturated heterocycles. The minimum absolute atomic E-state index is 0.00543. The molecule has 0 bridgehead atoms. The third-order valence-electron chi connectivity index (χ3n) is 3.92. The summed E-state index contributed by atoms with van der Waals surface area (Å²) in [7, 11) is 0. The van der Waals surface area contributed by atoms with Crippen LogP contribution in [0.3, 0.4) is 0 Å². The van der Waals surface area contributed by atoms with Gasteiger partial charge in [-0.2, -0.15) is 0 Å². The summed E-state index contributed by atoms with van der Waals surface area (Å²) >= 11 is 6.68. The molecule has 3 heterocycles. The van der Waals surface area contributed by atoms with Crippen LogP contribution < -0.4 is 10.9 Å². The first-order valence-corrected chi connectivity index (χ1v) is 9.43. The van der Waals surface area contributed by atoms with Gasteiger partial charge < -0.3 is 14.7 Å². The van der Waals surface area contributed by atoms with Crippen LogP contribution in [0.15, 0.2) is 39.1 Å². The van der Waals surface area contributed by atoms with Gasteiger partial charge in [0.05, 0.1) is 18.3 Å². The lowest BCUT2D eigenvalue weighted by atomic mass is 10.2. The second-order valence-electron chi connectivity index (χ2n) is 5.72. The van der Waals surface area contributed by atoms with E-state index >= 15 is 0 Å². The largest absolute Gasteiger partial charge is 0.467 e. The number of aromatic amines is 1. The van der Waals surface area contributed by atoms with Crippen LogP contribution >= 0.6 is 23.6 Å². The van der Waals surface area contributed by atoms with Gasteiger partial charge in [-0.15, -0.1) is 11.3 Å². The number of amides is 1. The van der Waals surface area contributed by atoms with Gasteiger partial charge in [0.15, 0.2) is 4.77 Å². The number of hydrogen-bond donors (Lipinski definition) is 2. The summed E-state index contributed by atoms with van der Waals surface area (Å²) in [6, 6.07) is 5.48. The monoisotopic (exact) mass is 377 g/mol. The van der Waals surface area contributed by atoms with Gasteiger partial charge in [0.2, 0.25) is 5.91 Å². The highest BCUT2D eigenvalue weighted by molar-refractivity contribution is 7.71. The lowest BCUT2D eigenvalue weighted by molar-refractivity contribution is -0.121. The first-order chi connectivity index (χ1) is 12.1. The van der Waals surface area contributed by atoms with Crippen LogP contribution in [-0.4, -0.2) is 15.5 Å².